The van der Waals surface area contributed by atoms with Crippen LogP contribution in [0.1, 0.15) is 30.5 Å². The number of hydrogen-bond acceptors (Lipinski definition) is 3. The Morgan fingerprint density at radius 1 is 1.55 bits per heavy atom. The number of likely N-dealkylation sites (tertiary alicyclic amines) is 1. The first kappa shape index (κ1) is 13.1. The number of rotatable bonds is 4. The number of aryl methyl sites for hydroxylation is 1. The number of carboxylic acid groups (broad SMARTS) is 1. The van der Waals surface area contributed by atoms with Gasteiger partial charge in [0.15, 0.2) is 0 Å². The van der Waals surface area contributed by atoms with Crippen molar-refractivity contribution in [3.05, 3.63) is 35.8 Å². The van der Waals surface area contributed by atoms with Gasteiger partial charge in [0, 0.05) is 25.0 Å². The molecule has 1 N–H and O–H groups in total. The summed E-state index contributed by atoms with van der Waals surface area (Å²) in [5.74, 6) is -0.715. The molecule has 3 rings (SSSR count). The van der Waals surface area contributed by atoms with E-state index in [9.17, 15) is 4.79 Å². The first-order valence-corrected chi connectivity index (χ1v) is 7.02. The number of hydrogen-bond donors (Lipinski definition) is 1. The van der Waals surface area contributed by atoms with Crippen LogP contribution in [0.4, 0.5) is 0 Å². The van der Waals surface area contributed by atoms with Crippen LogP contribution >= 0.6 is 0 Å². The van der Waals surface area contributed by atoms with Gasteiger partial charge in [0.25, 0.3) is 0 Å². The van der Waals surface area contributed by atoms with Crippen molar-refractivity contribution in [1.29, 1.82) is 0 Å². The zero-order valence-corrected chi connectivity index (χ0v) is 11.6. The minimum atomic E-state index is -0.715. The third kappa shape index (κ3) is 2.54. The lowest BCUT2D eigenvalue weighted by atomic mass is 10.1. The van der Waals surface area contributed by atoms with E-state index in [0.717, 1.165) is 42.8 Å². The average Bonchev–Trinajstić information content (AvgIpc) is 2.97. The number of aliphatic carboxylic acids is 1. The Morgan fingerprint density at radius 3 is 3.15 bits per heavy atom. The maximum atomic E-state index is 10.9. The van der Waals surface area contributed by atoms with E-state index in [4.69, 9.17) is 5.11 Å². The molecule has 2 aromatic rings. The van der Waals surface area contributed by atoms with Crippen molar-refractivity contribution in [2.75, 3.05) is 6.54 Å². The molecule has 0 bridgehead atoms. The Morgan fingerprint density at radius 2 is 2.40 bits per heavy atom. The molecule has 0 amide bonds. The Bertz CT molecular complexity index is 635. The first-order chi connectivity index (χ1) is 9.63. The molecule has 0 radical (unpaired) electrons. The summed E-state index contributed by atoms with van der Waals surface area (Å²) in [6, 6.07) is 4.21. The topological polar surface area (TPSA) is 57.8 Å². The van der Waals surface area contributed by atoms with Gasteiger partial charge in [0.2, 0.25) is 0 Å². The van der Waals surface area contributed by atoms with E-state index < -0.39 is 5.97 Å². The number of imidazole rings is 1. The summed E-state index contributed by atoms with van der Waals surface area (Å²) in [4.78, 5) is 17.8. The highest BCUT2D eigenvalue weighted by Crippen LogP contribution is 2.22. The summed E-state index contributed by atoms with van der Waals surface area (Å²) in [7, 11) is 0. The molecule has 1 atom stereocenters. The van der Waals surface area contributed by atoms with Gasteiger partial charge in [0.1, 0.15) is 5.65 Å². The summed E-state index contributed by atoms with van der Waals surface area (Å²) >= 11 is 0. The SMILES string of the molecule is Cc1cccn2cc(CN3CCCC3CC(=O)O)nc12. The van der Waals surface area contributed by atoms with Crippen molar-refractivity contribution in [3.8, 4) is 0 Å². The van der Waals surface area contributed by atoms with E-state index in [2.05, 4.69) is 22.9 Å². The molecule has 0 saturated carbocycles. The molecular weight excluding hydrogens is 254 g/mol. The van der Waals surface area contributed by atoms with E-state index in [1.807, 2.05) is 22.9 Å². The fraction of sp³-hybridized carbons (Fsp3) is 0.467. The van der Waals surface area contributed by atoms with E-state index in [1.54, 1.807) is 0 Å². The lowest BCUT2D eigenvalue weighted by Gasteiger charge is -2.21. The van der Waals surface area contributed by atoms with Gasteiger partial charge in [-0.3, -0.25) is 9.69 Å². The number of carbonyl (C=O) groups is 1. The number of aromatic nitrogens is 2. The normalized spacial score (nSPS) is 19.8. The van der Waals surface area contributed by atoms with Gasteiger partial charge in [-0.2, -0.15) is 0 Å². The molecule has 1 unspecified atom stereocenters. The van der Waals surface area contributed by atoms with Crippen LogP contribution < -0.4 is 0 Å². The number of pyridine rings is 1. The molecule has 0 aliphatic carbocycles. The molecule has 0 spiro atoms. The van der Waals surface area contributed by atoms with Gasteiger partial charge in [-0.25, -0.2) is 4.98 Å². The molecule has 1 saturated heterocycles. The minimum absolute atomic E-state index is 0.151. The quantitative estimate of drug-likeness (QED) is 0.926. The molecule has 3 heterocycles. The Labute approximate surface area is 117 Å². The zero-order valence-electron chi connectivity index (χ0n) is 11.6. The van der Waals surface area contributed by atoms with Crippen LogP contribution in [0.15, 0.2) is 24.5 Å². The van der Waals surface area contributed by atoms with Gasteiger partial charge < -0.3 is 9.51 Å². The molecule has 106 valence electrons. The number of nitrogens with zero attached hydrogens (tertiary/aromatic N) is 3. The van der Waals surface area contributed by atoms with E-state index in [1.165, 1.54) is 0 Å². The maximum absolute atomic E-state index is 10.9. The molecule has 5 heteroatoms. The molecule has 5 nitrogen and oxygen atoms in total. The monoisotopic (exact) mass is 273 g/mol. The van der Waals surface area contributed by atoms with Crippen molar-refractivity contribution in [3.63, 3.8) is 0 Å². The molecule has 1 aliphatic rings. The van der Waals surface area contributed by atoms with E-state index >= 15 is 0 Å². The van der Waals surface area contributed by atoms with Crippen LogP contribution in [0.2, 0.25) is 0 Å². The van der Waals surface area contributed by atoms with Gasteiger partial charge in [-0.1, -0.05) is 6.07 Å². The summed E-state index contributed by atoms with van der Waals surface area (Å²) in [5, 5.41) is 8.96. The van der Waals surface area contributed by atoms with Crippen molar-refractivity contribution in [1.82, 2.24) is 14.3 Å². The third-order valence-corrected chi connectivity index (χ3v) is 4.00. The van der Waals surface area contributed by atoms with Crippen molar-refractivity contribution >= 4 is 11.6 Å². The average molecular weight is 273 g/mol. The van der Waals surface area contributed by atoms with Crippen LogP contribution in [-0.2, 0) is 11.3 Å². The van der Waals surface area contributed by atoms with Crippen LogP contribution in [0, 0.1) is 6.92 Å². The largest absolute Gasteiger partial charge is 0.481 e. The molecule has 20 heavy (non-hydrogen) atoms. The molecule has 1 fully saturated rings. The van der Waals surface area contributed by atoms with Crippen LogP contribution in [0.25, 0.3) is 5.65 Å². The van der Waals surface area contributed by atoms with Crippen LogP contribution in [-0.4, -0.2) is 37.9 Å². The summed E-state index contributed by atoms with van der Waals surface area (Å²) in [5.41, 5.74) is 3.15. The van der Waals surface area contributed by atoms with Crippen LogP contribution in [0.5, 0.6) is 0 Å². The van der Waals surface area contributed by atoms with Crippen molar-refractivity contribution in [2.24, 2.45) is 0 Å². The van der Waals surface area contributed by atoms with Crippen LogP contribution in [0.3, 0.4) is 0 Å². The Hall–Kier alpha value is -1.88. The predicted octanol–water partition coefficient (Wildman–Crippen LogP) is 2.08. The number of fused-ring (bicyclic) bond motifs is 1. The summed E-state index contributed by atoms with van der Waals surface area (Å²) in [6.07, 6.45) is 6.31. The number of carboxylic acids is 1. The first-order valence-electron chi connectivity index (χ1n) is 7.02. The van der Waals surface area contributed by atoms with Crippen molar-refractivity contribution < 1.29 is 9.90 Å². The van der Waals surface area contributed by atoms with E-state index in [0.29, 0.717) is 0 Å². The second kappa shape index (κ2) is 5.25. The fourth-order valence-electron chi connectivity index (χ4n) is 3.02. The second-order valence-electron chi connectivity index (χ2n) is 5.52. The van der Waals surface area contributed by atoms with Gasteiger partial charge >= 0.3 is 5.97 Å². The smallest absolute Gasteiger partial charge is 0.304 e. The summed E-state index contributed by atoms with van der Waals surface area (Å²) < 4.78 is 2.03. The Balaban J connectivity index is 1.78. The lowest BCUT2D eigenvalue weighted by molar-refractivity contribution is -0.138. The maximum Gasteiger partial charge on any atom is 0.304 e. The van der Waals surface area contributed by atoms with Gasteiger partial charge in [-0.05, 0) is 37.9 Å². The summed E-state index contributed by atoms with van der Waals surface area (Å²) in [6.45, 7) is 3.75. The molecule has 2 aromatic heterocycles. The highest BCUT2D eigenvalue weighted by atomic mass is 16.4. The predicted molar refractivity (Wildman–Crippen MR) is 75.6 cm³/mol. The van der Waals surface area contributed by atoms with E-state index in [-0.39, 0.29) is 12.5 Å². The Kier molecular flexibility index (Phi) is 3.44. The van der Waals surface area contributed by atoms with Crippen molar-refractivity contribution in [2.45, 2.75) is 38.8 Å². The standard InChI is InChI=1S/C15H19N3O2/c1-11-4-2-7-18-10-12(16-15(11)18)9-17-6-3-5-13(17)8-14(19)20/h2,4,7,10,13H,3,5-6,8-9H2,1H3,(H,19,20). The highest BCUT2D eigenvalue weighted by molar-refractivity contribution is 5.67. The molecular formula is C15H19N3O2. The zero-order chi connectivity index (χ0) is 14.1. The second-order valence-corrected chi connectivity index (χ2v) is 5.52. The fourth-order valence-corrected chi connectivity index (χ4v) is 3.02. The minimum Gasteiger partial charge on any atom is -0.481 e. The van der Waals surface area contributed by atoms with Gasteiger partial charge in [0.05, 0.1) is 12.1 Å². The lowest BCUT2D eigenvalue weighted by Crippen LogP contribution is -2.30. The molecule has 1 aliphatic heterocycles. The third-order valence-electron chi connectivity index (χ3n) is 4.00. The highest BCUT2D eigenvalue weighted by Gasteiger charge is 2.27. The molecule has 0 aromatic carbocycles. The van der Waals surface area contributed by atoms with Gasteiger partial charge in [-0.15, -0.1) is 0 Å².